The molecule has 1 unspecified atom stereocenters. The predicted molar refractivity (Wildman–Crippen MR) is 68.9 cm³/mol. The third-order valence-electron chi connectivity index (χ3n) is 3.25. The fourth-order valence-corrected chi connectivity index (χ4v) is 2.23. The number of aryl methyl sites for hydroxylation is 2. The number of carbonyl (C=O) groups excluding carboxylic acids is 1. The van der Waals surface area contributed by atoms with Crippen LogP contribution >= 0.6 is 0 Å². The molecule has 0 radical (unpaired) electrons. The summed E-state index contributed by atoms with van der Waals surface area (Å²) in [5, 5.41) is 3.04. The van der Waals surface area contributed by atoms with Gasteiger partial charge in [0.2, 0.25) is 0 Å². The number of benzene rings is 1. The van der Waals surface area contributed by atoms with E-state index in [1.165, 1.54) is 12.8 Å². The smallest absolute Gasteiger partial charge is 0.251 e. The van der Waals surface area contributed by atoms with Crippen molar-refractivity contribution in [3.8, 4) is 0 Å². The molecule has 0 aliphatic heterocycles. The van der Waals surface area contributed by atoms with Crippen LogP contribution in [0.5, 0.6) is 0 Å². The number of nitrogens with two attached hydrogens (primary N) is 1. The fraction of sp³-hybridized carbons (Fsp3) is 0.500. The zero-order valence-electron chi connectivity index (χ0n) is 10.5. The van der Waals surface area contributed by atoms with Gasteiger partial charge in [-0.1, -0.05) is 17.2 Å². The normalized spacial score (nSPS) is 16.6. The summed E-state index contributed by atoms with van der Waals surface area (Å²) in [6, 6.07) is 6.05. The maximum Gasteiger partial charge on any atom is 0.251 e. The molecule has 92 valence electrons. The Labute approximate surface area is 102 Å². The van der Waals surface area contributed by atoms with Crippen LogP contribution in [0.1, 0.15) is 34.3 Å². The molecule has 3 N–H and O–H groups in total. The lowest BCUT2D eigenvalue weighted by molar-refractivity contribution is 0.0933. The van der Waals surface area contributed by atoms with Gasteiger partial charge in [-0.05, 0) is 44.7 Å². The number of amides is 1. The molecular weight excluding hydrogens is 212 g/mol. The lowest BCUT2D eigenvalue weighted by Crippen LogP contribution is -2.41. The maximum absolute atomic E-state index is 12.1. The molecule has 0 heterocycles. The Morgan fingerprint density at radius 1 is 1.35 bits per heavy atom. The molecule has 1 fully saturated rings. The van der Waals surface area contributed by atoms with E-state index in [0.717, 1.165) is 16.7 Å². The fourth-order valence-electron chi connectivity index (χ4n) is 2.23. The van der Waals surface area contributed by atoms with E-state index in [1.54, 1.807) is 0 Å². The largest absolute Gasteiger partial charge is 0.348 e. The SMILES string of the molecule is Cc1cc(C)cc(C(=O)NC(CN)C2CC2)c1. The summed E-state index contributed by atoms with van der Waals surface area (Å²) in [6.45, 7) is 4.54. The van der Waals surface area contributed by atoms with Gasteiger partial charge in [0.25, 0.3) is 5.91 Å². The van der Waals surface area contributed by atoms with Gasteiger partial charge in [-0.2, -0.15) is 0 Å². The van der Waals surface area contributed by atoms with Crippen molar-refractivity contribution in [3.05, 3.63) is 34.9 Å². The molecule has 1 aromatic rings. The minimum absolute atomic E-state index is 0.000787. The summed E-state index contributed by atoms with van der Waals surface area (Å²) in [6.07, 6.45) is 2.38. The molecule has 0 aromatic heterocycles. The Kier molecular flexibility index (Phi) is 3.48. The molecule has 1 aromatic carbocycles. The van der Waals surface area contributed by atoms with Crippen molar-refractivity contribution in [2.45, 2.75) is 32.7 Å². The van der Waals surface area contributed by atoms with Crippen LogP contribution < -0.4 is 11.1 Å². The van der Waals surface area contributed by atoms with E-state index < -0.39 is 0 Å². The van der Waals surface area contributed by atoms with Gasteiger partial charge in [0.05, 0.1) is 0 Å². The number of nitrogens with one attached hydrogen (secondary N) is 1. The Morgan fingerprint density at radius 3 is 2.41 bits per heavy atom. The van der Waals surface area contributed by atoms with Gasteiger partial charge >= 0.3 is 0 Å². The summed E-state index contributed by atoms with van der Waals surface area (Å²) in [7, 11) is 0. The average molecular weight is 232 g/mol. The van der Waals surface area contributed by atoms with Crippen LogP contribution in [0, 0.1) is 19.8 Å². The van der Waals surface area contributed by atoms with Gasteiger partial charge in [-0.15, -0.1) is 0 Å². The molecule has 1 aliphatic rings. The number of hydrogen-bond acceptors (Lipinski definition) is 2. The van der Waals surface area contributed by atoms with E-state index in [0.29, 0.717) is 12.5 Å². The second kappa shape index (κ2) is 4.88. The van der Waals surface area contributed by atoms with Crippen LogP contribution in [0.3, 0.4) is 0 Å². The van der Waals surface area contributed by atoms with Crippen LogP contribution in [-0.2, 0) is 0 Å². The number of rotatable bonds is 4. The highest BCUT2D eigenvalue weighted by atomic mass is 16.1. The van der Waals surface area contributed by atoms with E-state index in [2.05, 4.69) is 11.4 Å². The molecule has 0 bridgehead atoms. The van der Waals surface area contributed by atoms with E-state index in [9.17, 15) is 4.79 Å². The van der Waals surface area contributed by atoms with E-state index in [1.807, 2.05) is 26.0 Å². The van der Waals surface area contributed by atoms with E-state index in [-0.39, 0.29) is 11.9 Å². The van der Waals surface area contributed by atoms with Crippen molar-refractivity contribution in [1.82, 2.24) is 5.32 Å². The molecule has 3 heteroatoms. The lowest BCUT2D eigenvalue weighted by atomic mass is 10.1. The van der Waals surface area contributed by atoms with Crippen molar-refractivity contribution >= 4 is 5.91 Å². The van der Waals surface area contributed by atoms with Crippen molar-refractivity contribution in [3.63, 3.8) is 0 Å². The zero-order chi connectivity index (χ0) is 12.4. The number of hydrogen-bond donors (Lipinski definition) is 2. The summed E-state index contributed by atoms with van der Waals surface area (Å²) in [4.78, 5) is 12.1. The topological polar surface area (TPSA) is 55.1 Å². The summed E-state index contributed by atoms with van der Waals surface area (Å²) in [5.41, 5.74) is 8.66. The second-order valence-electron chi connectivity index (χ2n) is 5.03. The standard InChI is InChI=1S/C14H20N2O/c1-9-5-10(2)7-12(6-9)14(17)16-13(8-15)11-3-4-11/h5-7,11,13H,3-4,8,15H2,1-2H3,(H,16,17). The average Bonchev–Trinajstić information content (AvgIpc) is 3.08. The van der Waals surface area contributed by atoms with E-state index >= 15 is 0 Å². The third-order valence-corrected chi connectivity index (χ3v) is 3.25. The molecule has 2 rings (SSSR count). The first-order valence-corrected chi connectivity index (χ1v) is 6.19. The second-order valence-corrected chi connectivity index (χ2v) is 5.03. The Bertz CT molecular complexity index is 404. The monoisotopic (exact) mass is 232 g/mol. The van der Waals surface area contributed by atoms with Crippen LogP contribution in [0.25, 0.3) is 0 Å². The van der Waals surface area contributed by atoms with Gasteiger partial charge in [-0.3, -0.25) is 4.79 Å². The Hall–Kier alpha value is -1.35. The van der Waals surface area contributed by atoms with E-state index in [4.69, 9.17) is 5.73 Å². The first kappa shape index (κ1) is 12.1. The van der Waals surface area contributed by atoms with Crippen molar-refractivity contribution in [2.24, 2.45) is 11.7 Å². The summed E-state index contributed by atoms with van der Waals surface area (Å²) >= 11 is 0. The highest BCUT2D eigenvalue weighted by Crippen LogP contribution is 2.32. The van der Waals surface area contributed by atoms with Gasteiger partial charge in [-0.25, -0.2) is 0 Å². The maximum atomic E-state index is 12.1. The van der Waals surface area contributed by atoms with Crippen molar-refractivity contribution in [2.75, 3.05) is 6.54 Å². The molecule has 1 atom stereocenters. The molecule has 0 spiro atoms. The van der Waals surface area contributed by atoms with Gasteiger partial charge in [0.1, 0.15) is 0 Å². The lowest BCUT2D eigenvalue weighted by Gasteiger charge is -2.16. The quantitative estimate of drug-likeness (QED) is 0.831. The molecule has 3 nitrogen and oxygen atoms in total. The first-order valence-electron chi connectivity index (χ1n) is 6.19. The molecule has 0 saturated heterocycles. The van der Waals surface area contributed by atoms with Crippen LogP contribution in [0.2, 0.25) is 0 Å². The third kappa shape index (κ3) is 3.07. The Morgan fingerprint density at radius 2 is 1.94 bits per heavy atom. The molecule has 17 heavy (non-hydrogen) atoms. The molecule has 1 saturated carbocycles. The first-order chi connectivity index (χ1) is 8.10. The van der Waals surface area contributed by atoms with Gasteiger partial charge in [0, 0.05) is 18.2 Å². The number of carbonyl (C=O) groups is 1. The van der Waals surface area contributed by atoms with Crippen LogP contribution in [0.4, 0.5) is 0 Å². The van der Waals surface area contributed by atoms with Crippen molar-refractivity contribution < 1.29 is 4.79 Å². The van der Waals surface area contributed by atoms with Gasteiger partial charge in [0.15, 0.2) is 0 Å². The summed E-state index contributed by atoms with van der Waals surface area (Å²) < 4.78 is 0. The zero-order valence-corrected chi connectivity index (χ0v) is 10.5. The molecule has 1 amide bonds. The Balaban J connectivity index is 2.07. The summed E-state index contributed by atoms with van der Waals surface area (Å²) in [5.74, 6) is 0.592. The minimum Gasteiger partial charge on any atom is -0.348 e. The van der Waals surface area contributed by atoms with Crippen LogP contribution in [0.15, 0.2) is 18.2 Å². The van der Waals surface area contributed by atoms with Gasteiger partial charge < -0.3 is 11.1 Å². The van der Waals surface area contributed by atoms with Crippen LogP contribution in [-0.4, -0.2) is 18.5 Å². The highest BCUT2D eigenvalue weighted by molar-refractivity contribution is 5.94. The van der Waals surface area contributed by atoms with Crippen molar-refractivity contribution in [1.29, 1.82) is 0 Å². The predicted octanol–water partition coefficient (Wildman–Crippen LogP) is 1.77. The molecular formula is C14H20N2O. The minimum atomic E-state index is -0.000787. The molecule has 1 aliphatic carbocycles. The highest BCUT2D eigenvalue weighted by Gasteiger charge is 2.31.